The standard InChI is InChI=1S/C2Cl4S2.ClH/c3-1(7)8-2(4,5)6;/h;1H. The number of thioether (sulfide) groups is 1. The van der Waals surface area contributed by atoms with Gasteiger partial charge in [-0.3, -0.25) is 0 Å². The molecule has 0 N–H and O–H groups in total. The highest BCUT2D eigenvalue weighted by atomic mass is 35.6. The molecular weight excluding hydrogens is 265 g/mol. The maximum absolute atomic E-state index is 5.25. The monoisotopic (exact) mass is 264 g/mol. The molecule has 0 aliphatic heterocycles. The van der Waals surface area contributed by atoms with Crippen molar-refractivity contribution in [2.24, 2.45) is 0 Å². The van der Waals surface area contributed by atoms with Gasteiger partial charge >= 0.3 is 0 Å². The number of alkyl halides is 3. The summed E-state index contributed by atoms with van der Waals surface area (Å²) in [4.78, 5) is 0. The van der Waals surface area contributed by atoms with Crippen LogP contribution in [0.5, 0.6) is 0 Å². The van der Waals surface area contributed by atoms with Crippen molar-refractivity contribution >= 4 is 86.4 Å². The van der Waals surface area contributed by atoms with Crippen molar-refractivity contribution < 1.29 is 0 Å². The Labute approximate surface area is 89.0 Å². The summed E-state index contributed by atoms with van der Waals surface area (Å²) < 4.78 is -1.32. The molecule has 0 aromatic heterocycles. The Morgan fingerprint density at radius 2 is 1.67 bits per heavy atom. The first-order valence-electron chi connectivity index (χ1n) is 1.37. The van der Waals surface area contributed by atoms with Gasteiger partial charge in [0.2, 0.25) is 3.12 Å². The Morgan fingerprint density at radius 3 is 1.67 bits per heavy atom. The lowest BCUT2D eigenvalue weighted by molar-refractivity contribution is 1.81. The molecule has 0 aliphatic rings. The van der Waals surface area contributed by atoms with E-state index in [2.05, 4.69) is 12.2 Å². The van der Waals surface area contributed by atoms with Crippen LogP contribution in [0.25, 0.3) is 0 Å². The summed E-state index contributed by atoms with van der Waals surface area (Å²) in [6.45, 7) is 0. The molecule has 0 saturated heterocycles. The van der Waals surface area contributed by atoms with E-state index in [9.17, 15) is 0 Å². The zero-order valence-corrected chi connectivity index (χ0v) is 9.21. The summed E-state index contributed by atoms with van der Waals surface area (Å²) in [6, 6.07) is 0. The number of rotatable bonds is 0. The fraction of sp³-hybridized carbons (Fsp3) is 0.500. The average Bonchev–Trinajstić information content (AvgIpc) is 1.21. The molecule has 9 heavy (non-hydrogen) atoms. The third-order valence-electron chi connectivity index (χ3n) is 0.196. The van der Waals surface area contributed by atoms with Gasteiger partial charge < -0.3 is 0 Å². The molecule has 0 radical (unpaired) electrons. The van der Waals surface area contributed by atoms with E-state index in [0.717, 1.165) is 11.8 Å². The van der Waals surface area contributed by atoms with Crippen LogP contribution in [-0.4, -0.2) is 6.78 Å². The van der Waals surface area contributed by atoms with Crippen molar-refractivity contribution in [3.63, 3.8) is 0 Å². The summed E-state index contributed by atoms with van der Waals surface area (Å²) in [5, 5.41) is 0. The Balaban J connectivity index is 0. The van der Waals surface area contributed by atoms with Crippen molar-refractivity contribution in [3.8, 4) is 0 Å². The predicted octanol–water partition coefficient (Wildman–Crippen LogP) is 3.99. The van der Waals surface area contributed by atoms with Crippen molar-refractivity contribution in [1.29, 1.82) is 0 Å². The van der Waals surface area contributed by atoms with Crippen LogP contribution in [0.3, 0.4) is 0 Å². The van der Waals surface area contributed by atoms with Crippen molar-refractivity contribution in [3.05, 3.63) is 0 Å². The van der Waals surface area contributed by atoms with E-state index < -0.39 is 3.12 Å². The molecule has 0 rings (SSSR count). The van der Waals surface area contributed by atoms with Crippen LogP contribution in [0.15, 0.2) is 0 Å². The van der Waals surface area contributed by atoms with Crippen LogP contribution in [0, 0.1) is 0 Å². The van der Waals surface area contributed by atoms with Gasteiger partial charge in [-0.25, -0.2) is 0 Å². The van der Waals surface area contributed by atoms with Gasteiger partial charge in [0, 0.05) is 0 Å². The molecule has 0 nitrogen and oxygen atoms in total. The van der Waals surface area contributed by atoms with Crippen LogP contribution in [0.4, 0.5) is 0 Å². The SMILES string of the molecule is Cl.S=C(Cl)SC(Cl)(Cl)Cl. The van der Waals surface area contributed by atoms with Gasteiger partial charge in [0.25, 0.3) is 0 Å². The highest BCUT2D eigenvalue weighted by Gasteiger charge is 2.21. The van der Waals surface area contributed by atoms with Gasteiger partial charge in [0.15, 0.2) is 0 Å². The Bertz CT molecular complexity index is 95.6. The van der Waals surface area contributed by atoms with Crippen LogP contribution >= 0.6 is 82.8 Å². The van der Waals surface area contributed by atoms with Crippen LogP contribution in [0.1, 0.15) is 0 Å². The molecule has 0 fully saturated rings. The van der Waals surface area contributed by atoms with Crippen LogP contribution in [0.2, 0.25) is 0 Å². The Morgan fingerprint density at radius 1 is 1.33 bits per heavy atom. The molecule has 0 atom stereocenters. The largest absolute Gasteiger partial charge is 0.243 e. The molecule has 0 bridgehead atoms. The molecule has 0 saturated carbocycles. The molecule has 0 unspecified atom stereocenters. The van der Waals surface area contributed by atoms with E-state index >= 15 is 0 Å². The van der Waals surface area contributed by atoms with Gasteiger partial charge in [0.05, 0.1) is 0 Å². The van der Waals surface area contributed by atoms with Crippen LogP contribution in [-0.2, 0) is 0 Å². The minimum Gasteiger partial charge on any atom is -0.147 e. The molecule has 0 aromatic rings. The number of thiocarbonyl (C=S) groups is 1. The minimum atomic E-state index is -1.42. The minimum absolute atomic E-state index is 0. The van der Waals surface area contributed by atoms with E-state index in [1.807, 2.05) is 0 Å². The van der Waals surface area contributed by atoms with E-state index in [-0.39, 0.29) is 16.1 Å². The quantitative estimate of drug-likeness (QED) is 0.369. The molecule has 0 aromatic carbocycles. The summed E-state index contributed by atoms with van der Waals surface area (Å²) in [7, 11) is 0. The second-order valence-electron chi connectivity index (χ2n) is 0.785. The predicted molar refractivity (Wildman–Crippen MR) is 53.6 cm³/mol. The maximum Gasteiger partial charge on any atom is 0.243 e. The Kier molecular flexibility index (Phi) is 8.28. The van der Waals surface area contributed by atoms with Crippen molar-refractivity contribution in [2.45, 2.75) is 3.12 Å². The fourth-order valence-corrected chi connectivity index (χ4v) is 2.46. The smallest absolute Gasteiger partial charge is 0.147 e. The fourth-order valence-electron chi connectivity index (χ4n) is 0.0910. The maximum atomic E-state index is 5.25. The topological polar surface area (TPSA) is 0 Å². The number of hydrogen-bond donors (Lipinski definition) is 0. The first kappa shape index (κ1) is 13.5. The van der Waals surface area contributed by atoms with Gasteiger partial charge in [-0.2, -0.15) is 0 Å². The van der Waals surface area contributed by atoms with E-state index in [4.69, 9.17) is 46.4 Å². The zero-order chi connectivity index (χ0) is 6.78. The van der Waals surface area contributed by atoms with Gasteiger partial charge in [0.1, 0.15) is 3.66 Å². The highest BCUT2D eigenvalue weighted by molar-refractivity contribution is 8.29. The van der Waals surface area contributed by atoms with Crippen molar-refractivity contribution in [1.82, 2.24) is 0 Å². The van der Waals surface area contributed by atoms with Gasteiger partial charge in [-0.1, -0.05) is 58.6 Å². The zero-order valence-electron chi connectivity index (χ0n) is 3.74. The highest BCUT2D eigenvalue weighted by Crippen LogP contribution is 2.40. The number of halogens is 5. The lowest BCUT2D eigenvalue weighted by Crippen LogP contribution is -1.94. The van der Waals surface area contributed by atoms with Crippen molar-refractivity contribution in [2.75, 3.05) is 0 Å². The number of hydrogen-bond acceptors (Lipinski definition) is 2. The summed E-state index contributed by atoms with van der Waals surface area (Å²) in [6.07, 6.45) is 0. The third kappa shape index (κ3) is 13.0. The molecule has 0 amide bonds. The first-order chi connectivity index (χ1) is 3.42. The van der Waals surface area contributed by atoms with E-state index in [1.54, 1.807) is 0 Å². The van der Waals surface area contributed by atoms with Crippen LogP contribution < -0.4 is 0 Å². The summed E-state index contributed by atoms with van der Waals surface area (Å²) in [5.41, 5.74) is 0. The molecular formula is C2HCl5S2. The normalized spacial score (nSPS) is 10.2. The molecule has 7 heteroatoms. The average molecular weight is 266 g/mol. The van der Waals surface area contributed by atoms with Gasteiger partial charge in [-0.15, -0.1) is 12.4 Å². The Hall–Kier alpha value is 1.89. The lowest BCUT2D eigenvalue weighted by Gasteiger charge is -2.04. The molecule has 56 valence electrons. The first-order valence-corrected chi connectivity index (χ1v) is 4.10. The molecule has 0 aliphatic carbocycles. The summed E-state index contributed by atoms with van der Waals surface area (Å²) >= 11 is 26.2. The molecule has 0 spiro atoms. The van der Waals surface area contributed by atoms with Gasteiger partial charge in [-0.05, 0) is 11.8 Å². The second kappa shape index (κ2) is 5.53. The second-order valence-corrected chi connectivity index (χ2v) is 6.46. The molecule has 0 heterocycles. The lowest BCUT2D eigenvalue weighted by atomic mass is 11.8. The summed E-state index contributed by atoms with van der Waals surface area (Å²) in [5.74, 6) is 0. The van der Waals surface area contributed by atoms with E-state index in [1.165, 1.54) is 0 Å². The van der Waals surface area contributed by atoms with E-state index in [0.29, 0.717) is 0 Å². The third-order valence-corrected chi connectivity index (χ3v) is 1.76.